The van der Waals surface area contributed by atoms with Crippen LogP contribution in [-0.2, 0) is 0 Å². The highest BCUT2D eigenvalue weighted by Gasteiger charge is 2.23. The lowest BCUT2D eigenvalue weighted by atomic mass is 9.96. The van der Waals surface area contributed by atoms with Crippen molar-refractivity contribution in [1.29, 1.82) is 0 Å². The van der Waals surface area contributed by atoms with Crippen LogP contribution in [0, 0.1) is 11.6 Å². The summed E-state index contributed by atoms with van der Waals surface area (Å²) in [6.07, 6.45) is 0. The smallest absolute Gasteiger partial charge is 0.132 e. The molecule has 0 saturated heterocycles. The van der Waals surface area contributed by atoms with Gasteiger partial charge in [0, 0.05) is 11.6 Å². The molecule has 1 unspecified atom stereocenters. The molecule has 0 amide bonds. The lowest BCUT2D eigenvalue weighted by Gasteiger charge is -2.21. The lowest BCUT2D eigenvalue weighted by Crippen LogP contribution is -2.21. The number of hydrogen-bond donors (Lipinski definition) is 1. The first-order chi connectivity index (χ1) is 10.1. The van der Waals surface area contributed by atoms with Crippen molar-refractivity contribution in [1.82, 2.24) is 5.32 Å². The molecular weight excluding hydrogens is 276 g/mol. The van der Waals surface area contributed by atoms with Crippen molar-refractivity contribution in [3.05, 3.63) is 59.2 Å². The highest BCUT2D eigenvalue weighted by Crippen LogP contribution is 2.34. The largest absolute Gasteiger partial charge is 0.497 e. The maximum Gasteiger partial charge on any atom is 0.132 e. The maximum absolute atomic E-state index is 14.2. The van der Waals surface area contributed by atoms with Crippen molar-refractivity contribution >= 4 is 0 Å². The third-order valence-electron chi connectivity index (χ3n) is 3.33. The SMILES string of the molecule is CNC(c1ccc(OC)cc1F)c1c(F)cccc1OC. The number of nitrogens with one attached hydrogen (secondary N) is 1. The molecular formula is C16H17F2NO2. The zero-order valence-electron chi connectivity index (χ0n) is 12.1. The predicted molar refractivity (Wildman–Crippen MR) is 76.8 cm³/mol. The van der Waals surface area contributed by atoms with E-state index in [9.17, 15) is 8.78 Å². The van der Waals surface area contributed by atoms with Crippen LogP contribution in [0.25, 0.3) is 0 Å². The Morgan fingerprint density at radius 3 is 2.33 bits per heavy atom. The molecule has 1 N–H and O–H groups in total. The minimum absolute atomic E-state index is 0.270. The minimum atomic E-state index is -0.660. The standard InChI is InChI=1S/C16H17F2NO2/c1-19-16(11-8-7-10(20-2)9-13(11)18)15-12(17)5-4-6-14(15)21-3/h4-9,16,19H,1-3H3. The van der Waals surface area contributed by atoms with Crippen molar-refractivity contribution in [2.75, 3.05) is 21.3 Å². The highest BCUT2D eigenvalue weighted by atomic mass is 19.1. The molecule has 0 fully saturated rings. The zero-order chi connectivity index (χ0) is 15.4. The Morgan fingerprint density at radius 1 is 1.00 bits per heavy atom. The van der Waals surface area contributed by atoms with Gasteiger partial charge in [-0.15, -0.1) is 0 Å². The van der Waals surface area contributed by atoms with Crippen LogP contribution in [-0.4, -0.2) is 21.3 Å². The van der Waals surface area contributed by atoms with Gasteiger partial charge in [0.05, 0.1) is 25.8 Å². The molecule has 0 aliphatic carbocycles. The molecule has 3 nitrogen and oxygen atoms in total. The van der Waals surface area contributed by atoms with Crippen LogP contribution in [0.3, 0.4) is 0 Å². The van der Waals surface area contributed by atoms with Gasteiger partial charge in [0.2, 0.25) is 0 Å². The number of ether oxygens (including phenoxy) is 2. The summed E-state index contributed by atoms with van der Waals surface area (Å²) in [6.45, 7) is 0. The Balaban J connectivity index is 2.55. The molecule has 0 saturated carbocycles. The van der Waals surface area contributed by atoms with E-state index in [0.29, 0.717) is 17.1 Å². The molecule has 2 aromatic carbocycles. The molecule has 112 valence electrons. The van der Waals surface area contributed by atoms with Crippen LogP contribution < -0.4 is 14.8 Å². The van der Waals surface area contributed by atoms with Gasteiger partial charge in [0.25, 0.3) is 0 Å². The van der Waals surface area contributed by atoms with Crippen LogP contribution in [0.15, 0.2) is 36.4 Å². The number of halogens is 2. The minimum Gasteiger partial charge on any atom is -0.497 e. The van der Waals surface area contributed by atoms with E-state index in [1.807, 2.05) is 0 Å². The van der Waals surface area contributed by atoms with Gasteiger partial charge in [-0.05, 0) is 25.2 Å². The molecule has 0 bridgehead atoms. The normalized spacial score (nSPS) is 12.0. The van der Waals surface area contributed by atoms with E-state index in [0.717, 1.165) is 0 Å². The van der Waals surface area contributed by atoms with Crippen LogP contribution in [0.5, 0.6) is 11.5 Å². The Kier molecular flexibility index (Phi) is 4.75. The monoisotopic (exact) mass is 293 g/mol. The molecule has 2 aromatic rings. The van der Waals surface area contributed by atoms with Crippen molar-refractivity contribution in [2.24, 2.45) is 0 Å². The van der Waals surface area contributed by atoms with Crippen molar-refractivity contribution in [3.8, 4) is 11.5 Å². The first-order valence-corrected chi connectivity index (χ1v) is 6.45. The molecule has 0 aliphatic heterocycles. The molecule has 2 rings (SSSR count). The van der Waals surface area contributed by atoms with Gasteiger partial charge in [-0.3, -0.25) is 0 Å². The molecule has 0 spiro atoms. The molecule has 1 atom stereocenters. The summed E-state index contributed by atoms with van der Waals surface area (Å²) < 4.78 is 38.6. The molecule has 0 radical (unpaired) electrons. The summed E-state index contributed by atoms with van der Waals surface area (Å²) >= 11 is 0. The van der Waals surface area contributed by atoms with Gasteiger partial charge in [0.1, 0.15) is 23.1 Å². The van der Waals surface area contributed by atoms with Crippen molar-refractivity contribution in [3.63, 3.8) is 0 Å². The van der Waals surface area contributed by atoms with Gasteiger partial charge >= 0.3 is 0 Å². The van der Waals surface area contributed by atoms with E-state index in [-0.39, 0.29) is 5.56 Å². The summed E-state index contributed by atoms with van der Waals surface area (Å²) in [6, 6.07) is 8.33. The summed E-state index contributed by atoms with van der Waals surface area (Å²) in [5.41, 5.74) is 0.591. The Hall–Kier alpha value is -2.14. The highest BCUT2D eigenvalue weighted by molar-refractivity contribution is 5.44. The third kappa shape index (κ3) is 2.97. The van der Waals surface area contributed by atoms with Crippen LogP contribution in [0.2, 0.25) is 0 Å². The number of rotatable bonds is 5. The fraction of sp³-hybridized carbons (Fsp3) is 0.250. The fourth-order valence-electron chi connectivity index (χ4n) is 2.30. The van der Waals surface area contributed by atoms with E-state index in [1.165, 1.54) is 26.4 Å². The quantitative estimate of drug-likeness (QED) is 0.917. The van der Waals surface area contributed by atoms with Crippen LogP contribution in [0.1, 0.15) is 17.2 Å². The summed E-state index contributed by atoms with van der Waals surface area (Å²) in [5, 5.41) is 2.93. The second-order valence-electron chi connectivity index (χ2n) is 4.46. The Morgan fingerprint density at radius 2 is 1.76 bits per heavy atom. The van der Waals surface area contributed by atoms with E-state index in [4.69, 9.17) is 9.47 Å². The second kappa shape index (κ2) is 6.54. The van der Waals surface area contributed by atoms with E-state index in [1.54, 1.807) is 31.3 Å². The number of hydrogen-bond acceptors (Lipinski definition) is 3. The molecule has 0 aliphatic rings. The second-order valence-corrected chi connectivity index (χ2v) is 4.46. The molecule has 5 heteroatoms. The van der Waals surface area contributed by atoms with Gasteiger partial charge < -0.3 is 14.8 Å². The number of methoxy groups -OCH3 is 2. The third-order valence-corrected chi connectivity index (χ3v) is 3.33. The molecule has 21 heavy (non-hydrogen) atoms. The van der Waals surface area contributed by atoms with Gasteiger partial charge in [0.15, 0.2) is 0 Å². The summed E-state index contributed by atoms with van der Waals surface area (Å²) in [4.78, 5) is 0. The topological polar surface area (TPSA) is 30.5 Å². The number of benzene rings is 2. The molecule has 0 heterocycles. The zero-order valence-corrected chi connectivity index (χ0v) is 12.1. The van der Waals surface area contributed by atoms with Gasteiger partial charge in [-0.25, -0.2) is 8.78 Å². The van der Waals surface area contributed by atoms with Gasteiger partial charge in [-0.1, -0.05) is 12.1 Å². The Bertz CT molecular complexity index is 632. The Labute approximate surface area is 122 Å². The molecule has 0 aromatic heterocycles. The summed E-state index contributed by atoms with van der Waals surface area (Å²) in [5.74, 6) is -0.154. The van der Waals surface area contributed by atoms with E-state index < -0.39 is 17.7 Å². The van der Waals surface area contributed by atoms with Crippen LogP contribution in [0.4, 0.5) is 8.78 Å². The predicted octanol–water partition coefficient (Wildman–Crippen LogP) is 3.29. The first-order valence-electron chi connectivity index (χ1n) is 6.45. The van der Waals surface area contributed by atoms with E-state index in [2.05, 4.69) is 5.32 Å². The van der Waals surface area contributed by atoms with Crippen molar-refractivity contribution in [2.45, 2.75) is 6.04 Å². The van der Waals surface area contributed by atoms with Gasteiger partial charge in [-0.2, -0.15) is 0 Å². The maximum atomic E-state index is 14.2. The van der Waals surface area contributed by atoms with E-state index >= 15 is 0 Å². The van der Waals surface area contributed by atoms with Crippen LogP contribution >= 0.6 is 0 Å². The van der Waals surface area contributed by atoms with Crippen molar-refractivity contribution < 1.29 is 18.3 Å². The lowest BCUT2D eigenvalue weighted by molar-refractivity contribution is 0.396. The average molecular weight is 293 g/mol. The average Bonchev–Trinajstić information content (AvgIpc) is 2.50. The summed E-state index contributed by atoms with van der Waals surface area (Å²) in [7, 11) is 4.56. The fourth-order valence-corrected chi connectivity index (χ4v) is 2.30. The first kappa shape index (κ1) is 15.3.